The number of fused-ring (bicyclic) bond motifs is 1. The van der Waals surface area contributed by atoms with Crippen molar-refractivity contribution in [2.75, 3.05) is 33.3 Å². The molecule has 1 fully saturated rings. The molecule has 1 aliphatic carbocycles. The summed E-state index contributed by atoms with van der Waals surface area (Å²) in [6, 6.07) is 9.32. The van der Waals surface area contributed by atoms with Crippen molar-refractivity contribution in [1.82, 2.24) is 10.2 Å². The summed E-state index contributed by atoms with van der Waals surface area (Å²) in [5, 5.41) is 3.61. The third-order valence-corrected chi connectivity index (χ3v) is 4.28. The second-order valence-electron chi connectivity index (χ2n) is 5.79. The van der Waals surface area contributed by atoms with Crippen LogP contribution in [0.2, 0.25) is 0 Å². The summed E-state index contributed by atoms with van der Waals surface area (Å²) in [6.07, 6.45) is 3.91. The van der Waals surface area contributed by atoms with E-state index in [2.05, 4.69) is 41.5 Å². The van der Waals surface area contributed by atoms with Gasteiger partial charge in [0.25, 0.3) is 0 Å². The average Bonchev–Trinajstić information content (AvgIpc) is 3.28. The van der Waals surface area contributed by atoms with Gasteiger partial charge < -0.3 is 15.0 Å². The minimum atomic E-state index is 0.608. The van der Waals surface area contributed by atoms with Gasteiger partial charge in [0.2, 0.25) is 0 Å². The predicted octanol–water partition coefficient (Wildman–Crippen LogP) is 2.24. The number of nitrogens with one attached hydrogen (secondary N) is 1. The SMILES string of the molecule is CN(CCNCC1CCOc2ccccc21)C1CC1. The Morgan fingerprint density at radius 3 is 2.95 bits per heavy atom. The summed E-state index contributed by atoms with van der Waals surface area (Å²) >= 11 is 0. The summed E-state index contributed by atoms with van der Waals surface area (Å²) < 4.78 is 5.70. The van der Waals surface area contributed by atoms with E-state index in [9.17, 15) is 0 Å². The molecule has 1 atom stereocenters. The monoisotopic (exact) mass is 260 g/mol. The van der Waals surface area contributed by atoms with Crippen LogP contribution < -0.4 is 10.1 Å². The first-order valence-corrected chi connectivity index (χ1v) is 7.47. The van der Waals surface area contributed by atoms with E-state index in [0.717, 1.165) is 44.5 Å². The smallest absolute Gasteiger partial charge is 0.122 e. The Morgan fingerprint density at radius 2 is 2.11 bits per heavy atom. The molecule has 3 nitrogen and oxygen atoms in total. The van der Waals surface area contributed by atoms with Gasteiger partial charge in [0.05, 0.1) is 6.61 Å². The Balaban J connectivity index is 1.45. The van der Waals surface area contributed by atoms with Crippen LogP contribution >= 0.6 is 0 Å². The van der Waals surface area contributed by atoms with E-state index in [1.54, 1.807) is 0 Å². The molecule has 1 unspecified atom stereocenters. The van der Waals surface area contributed by atoms with Crippen molar-refractivity contribution in [2.24, 2.45) is 0 Å². The van der Waals surface area contributed by atoms with Gasteiger partial charge in [-0.25, -0.2) is 0 Å². The van der Waals surface area contributed by atoms with Gasteiger partial charge in [0.1, 0.15) is 5.75 Å². The maximum Gasteiger partial charge on any atom is 0.122 e. The molecule has 19 heavy (non-hydrogen) atoms. The summed E-state index contributed by atoms with van der Waals surface area (Å²) in [6.45, 7) is 4.17. The normalized spacial score (nSPS) is 22.1. The largest absolute Gasteiger partial charge is 0.493 e. The Kier molecular flexibility index (Phi) is 4.04. The first-order valence-electron chi connectivity index (χ1n) is 7.47. The summed E-state index contributed by atoms with van der Waals surface area (Å²) in [5.74, 6) is 1.69. The molecule has 0 saturated heterocycles. The van der Waals surface area contributed by atoms with Gasteiger partial charge in [0.15, 0.2) is 0 Å². The molecule has 3 rings (SSSR count). The number of likely N-dealkylation sites (N-methyl/N-ethyl adjacent to an activating group) is 1. The molecule has 3 heteroatoms. The fourth-order valence-electron chi connectivity index (χ4n) is 2.86. The second kappa shape index (κ2) is 5.93. The van der Waals surface area contributed by atoms with E-state index in [1.807, 2.05) is 0 Å². The molecule has 104 valence electrons. The lowest BCUT2D eigenvalue weighted by molar-refractivity contribution is 0.262. The lowest BCUT2D eigenvalue weighted by Gasteiger charge is -2.26. The second-order valence-corrected chi connectivity index (χ2v) is 5.79. The fourth-order valence-corrected chi connectivity index (χ4v) is 2.86. The molecule has 0 bridgehead atoms. The molecule has 2 aliphatic rings. The van der Waals surface area contributed by atoms with Crippen molar-refractivity contribution in [3.8, 4) is 5.75 Å². The van der Waals surface area contributed by atoms with E-state index in [0.29, 0.717) is 5.92 Å². The minimum absolute atomic E-state index is 0.608. The Labute approximate surface area is 115 Å². The van der Waals surface area contributed by atoms with Gasteiger partial charge in [-0.3, -0.25) is 0 Å². The van der Waals surface area contributed by atoms with Crippen LogP contribution in [0.25, 0.3) is 0 Å². The molecule has 1 aromatic carbocycles. The van der Waals surface area contributed by atoms with Crippen molar-refractivity contribution >= 4 is 0 Å². The van der Waals surface area contributed by atoms with Crippen LogP contribution in [-0.2, 0) is 0 Å². The zero-order chi connectivity index (χ0) is 13.1. The lowest BCUT2D eigenvalue weighted by atomic mass is 9.93. The summed E-state index contributed by atoms with van der Waals surface area (Å²) in [4.78, 5) is 2.48. The van der Waals surface area contributed by atoms with Crippen LogP contribution in [0, 0.1) is 0 Å². The van der Waals surface area contributed by atoms with Crippen molar-refractivity contribution in [3.05, 3.63) is 29.8 Å². The van der Waals surface area contributed by atoms with Gasteiger partial charge in [-0.15, -0.1) is 0 Å². The zero-order valence-electron chi connectivity index (χ0n) is 11.8. The summed E-state index contributed by atoms with van der Waals surface area (Å²) in [7, 11) is 2.24. The number of rotatable bonds is 6. The van der Waals surface area contributed by atoms with E-state index in [1.165, 1.54) is 18.4 Å². The highest BCUT2D eigenvalue weighted by molar-refractivity contribution is 5.37. The highest BCUT2D eigenvalue weighted by Gasteiger charge is 2.25. The van der Waals surface area contributed by atoms with Crippen molar-refractivity contribution in [2.45, 2.75) is 31.2 Å². The van der Waals surface area contributed by atoms with Gasteiger partial charge in [-0.1, -0.05) is 18.2 Å². The fraction of sp³-hybridized carbons (Fsp3) is 0.625. The topological polar surface area (TPSA) is 24.5 Å². The van der Waals surface area contributed by atoms with Gasteiger partial charge >= 0.3 is 0 Å². The molecule has 0 amide bonds. The molecule has 1 N–H and O–H groups in total. The maximum absolute atomic E-state index is 5.70. The van der Waals surface area contributed by atoms with Gasteiger partial charge in [-0.2, -0.15) is 0 Å². The average molecular weight is 260 g/mol. The van der Waals surface area contributed by atoms with Crippen LogP contribution in [0.5, 0.6) is 5.75 Å². The first kappa shape index (κ1) is 12.9. The highest BCUT2D eigenvalue weighted by atomic mass is 16.5. The molecule has 0 radical (unpaired) electrons. The molecular formula is C16H24N2O. The van der Waals surface area contributed by atoms with Crippen molar-refractivity contribution < 1.29 is 4.74 Å². The van der Waals surface area contributed by atoms with E-state index in [4.69, 9.17) is 4.74 Å². The van der Waals surface area contributed by atoms with Crippen molar-refractivity contribution in [3.63, 3.8) is 0 Å². The van der Waals surface area contributed by atoms with Crippen LogP contribution in [0.3, 0.4) is 0 Å². The molecule has 0 aromatic heterocycles. The van der Waals surface area contributed by atoms with Crippen LogP contribution in [-0.4, -0.2) is 44.2 Å². The molecule has 1 aromatic rings. The third-order valence-electron chi connectivity index (χ3n) is 4.28. The minimum Gasteiger partial charge on any atom is -0.493 e. The Hall–Kier alpha value is -1.06. The quantitative estimate of drug-likeness (QED) is 0.794. The van der Waals surface area contributed by atoms with Crippen molar-refractivity contribution in [1.29, 1.82) is 0 Å². The zero-order valence-corrected chi connectivity index (χ0v) is 11.8. The van der Waals surface area contributed by atoms with Gasteiger partial charge in [0, 0.05) is 31.6 Å². The molecule has 1 saturated carbocycles. The Morgan fingerprint density at radius 1 is 1.26 bits per heavy atom. The lowest BCUT2D eigenvalue weighted by Crippen LogP contribution is -2.33. The summed E-state index contributed by atoms with van der Waals surface area (Å²) in [5.41, 5.74) is 1.37. The van der Waals surface area contributed by atoms with Gasteiger partial charge in [-0.05, 0) is 37.9 Å². The van der Waals surface area contributed by atoms with Crippen LogP contribution in [0.1, 0.15) is 30.7 Å². The number of hydrogen-bond acceptors (Lipinski definition) is 3. The van der Waals surface area contributed by atoms with E-state index < -0.39 is 0 Å². The number of hydrogen-bond donors (Lipinski definition) is 1. The molecule has 1 heterocycles. The molecule has 1 aliphatic heterocycles. The number of para-hydroxylation sites is 1. The number of ether oxygens (including phenoxy) is 1. The standard InChI is InChI=1S/C16H24N2O/c1-18(14-6-7-14)10-9-17-12-13-8-11-19-16-5-3-2-4-15(13)16/h2-5,13-14,17H,6-12H2,1H3. The van der Waals surface area contributed by atoms with E-state index >= 15 is 0 Å². The number of nitrogens with zero attached hydrogens (tertiary/aromatic N) is 1. The maximum atomic E-state index is 5.70. The molecule has 0 spiro atoms. The third kappa shape index (κ3) is 3.28. The van der Waals surface area contributed by atoms with E-state index in [-0.39, 0.29) is 0 Å². The first-order chi connectivity index (χ1) is 9.34. The Bertz CT molecular complexity index is 417. The highest BCUT2D eigenvalue weighted by Crippen LogP contribution is 2.32. The predicted molar refractivity (Wildman–Crippen MR) is 77.8 cm³/mol. The van der Waals surface area contributed by atoms with Crippen LogP contribution in [0.4, 0.5) is 0 Å². The number of benzene rings is 1. The van der Waals surface area contributed by atoms with Crippen LogP contribution in [0.15, 0.2) is 24.3 Å². The molecular weight excluding hydrogens is 236 g/mol.